The molecule has 1 heterocycles. The average molecular weight is 269 g/mol. The molecule has 0 aromatic rings. The molecule has 1 aliphatic rings. The molecular weight excluding hydrogens is 246 g/mol. The van der Waals surface area contributed by atoms with E-state index in [0.717, 1.165) is 0 Å². The summed E-state index contributed by atoms with van der Waals surface area (Å²) in [5, 5.41) is 2.69. The van der Waals surface area contributed by atoms with Gasteiger partial charge in [0.1, 0.15) is 6.04 Å². The fraction of sp³-hybridized carbons (Fsp3) is 0.769. The first-order valence-corrected chi connectivity index (χ1v) is 6.68. The summed E-state index contributed by atoms with van der Waals surface area (Å²) in [7, 11) is 0. The number of hydrogen-bond donors (Lipinski definition) is 2. The second-order valence-electron chi connectivity index (χ2n) is 5.42. The number of rotatable bonds is 4. The van der Waals surface area contributed by atoms with Gasteiger partial charge in [0.2, 0.25) is 17.7 Å². The van der Waals surface area contributed by atoms with Gasteiger partial charge in [-0.05, 0) is 18.8 Å². The normalized spacial score (nSPS) is 18.2. The predicted molar refractivity (Wildman–Crippen MR) is 70.9 cm³/mol. The molecule has 0 radical (unpaired) electrons. The molecule has 1 saturated heterocycles. The molecule has 1 fully saturated rings. The third-order valence-electron chi connectivity index (χ3n) is 3.50. The largest absolute Gasteiger partial charge is 0.369 e. The maximum Gasteiger partial charge on any atom is 0.245 e. The Bertz CT molecular complexity index is 360. The van der Waals surface area contributed by atoms with Crippen LogP contribution in [0.3, 0.4) is 0 Å². The molecule has 6 heteroatoms. The van der Waals surface area contributed by atoms with Gasteiger partial charge >= 0.3 is 0 Å². The lowest BCUT2D eigenvalue weighted by Gasteiger charge is -2.34. The quantitative estimate of drug-likeness (QED) is 0.744. The summed E-state index contributed by atoms with van der Waals surface area (Å²) in [4.78, 5) is 36.3. The third-order valence-corrected chi connectivity index (χ3v) is 3.50. The van der Waals surface area contributed by atoms with Crippen molar-refractivity contribution in [3.8, 4) is 0 Å². The van der Waals surface area contributed by atoms with E-state index in [4.69, 9.17) is 5.73 Å². The minimum atomic E-state index is -0.498. The Morgan fingerprint density at radius 2 is 1.74 bits per heavy atom. The van der Waals surface area contributed by atoms with E-state index in [9.17, 15) is 14.4 Å². The van der Waals surface area contributed by atoms with Crippen molar-refractivity contribution in [2.75, 3.05) is 13.1 Å². The van der Waals surface area contributed by atoms with Gasteiger partial charge in [-0.2, -0.15) is 0 Å². The van der Waals surface area contributed by atoms with Gasteiger partial charge in [0, 0.05) is 25.9 Å². The van der Waals surface area contributed by atoms with Crippen LogP contribution >= 0.6 is 0 Å². The van der Waals surface area contributed by atoms with Gasteiger partial charge in [0.25, 0.3) is 0 Å². The molecule has 3 N–H and O–H groups in total. The van der Waals surface area contributed by atoms with E-state index in [-0.39, 0.29) is 29.6 Å². The summed E-state index contributed by atoms with van der Waals surface area (Å²) >= 11 is 0. The minimum absolute atomic E-state index is 0.0327. The van der Waals surface area contributed by atoms with Crippen LogP contribution in [-0.4, -0.2) is 41.8 Å². The molecule has 108 valence electrons. The van der Waals surface area contributed by atoms with E-state index in [1.165, 1.54) is 6.92 Å². The van der Waals surface area contributed by atoms with Crippen molar-refractivity contribution in [2.24, 2.45) is 17.6 Å². The van der Waals surface area contributed by atoms with Crippen LogP contribution in [0.15, 0.2) is 0 Å². The average Bonchev–Trinajstić information content (AvgIpc) is 2.34. The number of primary amides is 1. The SMILES string of the molecule is CC(=O)NC(C(=O)N1CCC(C(N)=O)CC1)C(C)C. The van der Waals surface area contributed by atoms with E-state index in [0.29, 0.717) is 25.9 Å². The lowest BCUT2D eigenvalue weighted by Crippen LogP contribution is -2.53. The van der Waals surface area contributed by atoms with Crippen molar-refractivity contribution >= 4 is 17.7 Å². The Balaban J connectivity index is 2.61. The monoisotopic (exact) mass is 269 g/mol. The third kappa shape index (κ3) is 4.22. The summed E-state index contributed by atoms with van der Waals surface area (Å²) in [6, 6.07) is -0.498. The molecule has 1 atom stereocenters. The summed E-state index contributed by atoms with van der Waals surface area (Å²) in [5.41, 5.74) is 5.26. The topological polar surface area (TPSA) is 92.5 Å². The smallest absolute Gasteiger partial charge is 0.245 e. The van der Waals surface area contributed by atoms with E-state index in [2.05, 4.69) is 5.32 Å². The van der Waals surface area contributed by atoms with Gasteiger partial charge in [-0.15, -0.1) is 0 Å². The van der Waals surface area contributed by atoms with E-state index in [1.807, 2.05) is 13.8 Å². The van der Waals surface area contributed by atoms with Crippen LogP contribution in [0.25, 0.3) is 0 Å². The van der Waals surface area contributed by atoms with Crippen molar-refractivity contribution in [3.63, 3.8) is 0 Å². The van der Waals surface area contributed by atoms with Crippen LogP contribution in [0.1, 0.15) is 33.6 Å². The molecule has 1 rings (SSSR count). The molecule has 0 aromatic heterocycles. The number of nitrogens with zero attached hydrogens (tertiary/aromatic N) is 1. The zero-order valence-corrected chi connectivity index (χ0v) is 11.8. The van der Waals surface area contributed by atoms with Gasteiger partial charge in [0.05, 0.1) is 0 Å². The molecule has 6 nitrogen and oxygen atoms in total. The van der Waals surface area contributed by atoms with Gasteiger partial charge in [-0.3, -0.25) is 14.4 Å². The standard InChI is InChI=1S/C13H23N3O3/c1-8(2)11(15-9(3)17)13(19)16-6-4-10(5-7-16)12(14)18/h8,10-11H,4-7H2,1-3H3,(H2,14,18)(H,15,17). The second kappa shape index (κ2) is 6.54. The fourth-order valence-electron chi connectivity index (χ4n) is 2.31. The van der Waals surface area contributed by atoms with Gasteiger partial charge < -0.3 is 16.0 Å². The van der Waals surface area contributed by atoms with E-state index < -0.39 is 6.04 Å². The Kier molecular flexibility index (Phi) is 5.32. The van der Waals surface area contributed by atoms with E-state index in [1.54, 1.807) is 4.90 Å². The number of piperidine rings is 1. The van der Waals surface area contributed by atoms with Crippen LogP contribution in [0.4, 0.5) is 0 Å². The molecule has 1 aliphatic heterocycles. The molecular formula is C13H23N3O3. The summed E-state index contributed by atoms with van der Waals surface area (Å²) in [6.45, 7) is 6.25. The Morgan fingerprint density at radius 3 is 2.11 bits per heavy atom. The lowest BCUT2D eigenvalue weighted by atomic mass is 9.94. The van der Waals surface area contributed by atoms with Crippen molar-refractivity contribution in [3.05, 3.63) is 0 Å². The molecule has 0 aliphatic carbocycles. The number of hydrogen-bond acceptors (Lipinski definition) is 3. The van der Waals surface area contributed by atoms with Gasteiger partial charge in [0.15, 0.2) is 0 Å². The van der Waals surface area contributed by atoms with Crippen LogP contribution in [0, 0.1) is 11.8 Å². The first-order valence-electron chi connectivity index (χ1n) is 6.68. The molecule has 0 spiro atoms. The Labute approximate surface area is 113 Å². The van der Waals surface area contributed by atoms with Crippen LogP contribution in [0.5, 0.6) is 0 Å². The molecule has 3 amide bonds. The van der Waals surface area contributed by atoms with Crippen molar-refractivity contribution < 1.29 is 14.4 Å². The first-order chi connectivity index (χ1) is 8.82. The number of carbonyl (C=O) groups is 3. The highest BCUT2D eigenvalue weighted by Crippen LogP contribution is 2.18. The summed E-state index contributed by atoms with van der Waals surface area (Å²) in [6.07, 6.45) is 1.21. The number of nitrogens with one attached hydrogen (secondary N) is 1. The minimum Gasteiger partial charge on any atom is -0.369 e. The van der Waals surface area contributed by atoms with Crippen LogP contribution in [0.2, 0.25) is 0 Å². The van der Waals surface area contributed by atoms with Crippen molar-refractivity contribution in [1.29, 1.82) is 0 Å². The number of amides is 3. The fourth-order valence-corrected chi connectivity index (χ4v) is 2.31. The van der Waals surface area contributed by atoms with Crippen LogP contribution < -0.4 is 11.1 Å². The van der Waals surface area contributed by atoms with Gasteiger partial charge in [-0.1, -0.05) is 13.8 Å². The number of carbonyl (C=O) groups excluding carboxylic acids is 3. The van der Waals surface area contributed by atoms with Gasteiger partial charge in [-0.25, -0.2) is 0 Å². The van der Waals surface area contributed by atoms with Crippen molar-refractivity contribution in [2.45, 2.75) is 39.7 Å². The van der Waals surface area contributed by atoms with Crippen LogP contribution in [-0.2, 0) is 14.4 Å². The zero-order valence-electron chi connectivity index (χ0n) is 11.8. The molecule has 19 heavy (non-hydrogen) atoms. The molecule has 1 unspecified atom stereocenters. The van der Waals surface area contributed by atoms with E-state index >= 15 is 0 Å². The number of likely N-dealkylation sites (tertiary alicyclic amines) is 1. The Morgan fingerprint density at radius 1 is 1.21 bits per heavy atom. The molecule has 0 bridgehead atoms. The summed E-state index contributed by atoms with van der Waals surface area (Å²) < 4.78 is 0. The lowest BCUT2D eigenvalue weighted by molar-refractivity contribution is -0.139. The predicted octanol–water partition coefficient (Wildman–Crippen LogP) is -0.129. The highest BCUT2D eigenvalue weighted by atomic mass is 16.2. The van der Waals surface area contributed by atoms with Crippen molar-refractivity contribution in [1.82, 2.24) is 10.2 Å². The zero-order chi connectivity index (χ0) is 14.6. The first kappa shape index (κ1) is 15.5. The summed E-state index contributed by atoms with van der Waals surface area (Å²) in [5.74, 6) is -0.686. The maximum atomic E-state index is 12.3. The Hall–Kier alpha value is -1.59. The maximum absolute atomic E-state index is 12.3. The highest BCUT2D eigenvalue weighted by molar-refractivity contribution is 5.87. The highest BCUT2D eigenvalue weighted by Gasteiger charge is 2.31. The molecule has 0 saturated carbocycles. The number of nitrogens with two attached hydrogens (primary N) is 1. The molecule has 0 aromatic carbocycles. The second-order valence-corrected chi connectivity index (χ2v) is 5.42.